The van der Waals surface area contributed by atoms with E-state index in [9.17, 15) is 14.9 Å². The van der Waals surface area contributed by atoms with Gasteiger partial charge in [-0.2, -0.15) is 0 Å². The predicted octanol–water partition coefficient (Wildman–Crippen LogP) is 3.34. The van der Waals surface area contributed by atoms with E-state index in [1.165, 1.54) is 24.9 Å². The van der Waals surface area contributed by atoms with Gasteiger partial charge >= 0.3 is 5.97 Å². The average Bonchev–Trinajstić information content (AvgIpc) is 3.16. The summed E-state index contributed by atoms with van der Waals surface area (Å²) in [6, 6.07) is 5.09. The standard InChI is InChI=1S/C14H17NO4S/c1-10-4-3-5-11(15(17)18)13(10)20-9-14(6-7-14)8-12(16)19-2/h3-5H,6-9H2,1-2H3. The highest BCUT2D eigenvalue weighted by atomic mass is 32.2. The number of methoxy groups -OCH3 is 1. The van der Waals surface area contributed by atoms with E-state index in [2.05, 4.69) is 0 Å². The van der Waals surface area contributed by atoms with Crippen LogP contribution in [-0.4, -0.2) is 23.8 Å². The van der Waals surface area contributed by atoms with E-state index in [0.717, 1.165) is 18.4 Å². The number of carbonyl (C=O) groups is 1. The van der Waals surface area contributed by atoms with Gasteiger partial charge in [0.2, 0.25) is 0 Å². The van der Waals surface area contributed by atoms with Gasteiger partial charge in [-0.15, -0.1) is 11.8 Å². The highest BCUT2D eigenvalue weighted by Gasteiger charge is 2.45. The number of nitro groups is 1. The lowest BCUT2D eigenvalue weighted by Gasteiger charge is -2.14. The molecule has 1 aliphatic rings. The number of nitro benzene ring substituents is 1. The molecule has 0 N–H and O–H groups in total. The van der Waals surface area contributed by atoms with E-state index in [4.69, 9.17) is 4.74 Å². The third kappa shape index (κ3) is 3.30. The molecule has 5 nitrogen and oxygen atoms in total. The molecule has 0 spiro atoms. The summed E-state index contributed by atoms with van der Waals surface area (Å²) in [7, 11) is 1.39. The average molecular weight is 295 g/mol. The Labute approximate surface area is 121 Å². The van der Waals surface area contributed by atoms with Crippen LogP contribution in [0.3, 0.4) is 0 Å². The number of rotatable bonds is 6. The summed E-state index contributed by atoms with van der Waals surface area (Å²) in [4.78, 5) is 22.8. The molecule has 0 aromatic heterocycles. The van der Waals surface area contributed by atoms with Crippen LogP contribution in [0.1, 0.15) is 24.8 Å². The van der Waals surface area contributed by atoms with E-state index in [1.807, 2.05) is 13.0 Å². The molecule has 1 aromatic carbocycles. The van der Waals surface area contributed by atoms with Gasteiger partial charge in [0, 0.05) is 11.8 Å². The molecule has 1 aliphatic carbocycles. The Bertz CT molecular complexity index is 540. The van der Waals surface area contributed by atoms with Gasteiger partial charge in [-0.05, 0) is 30.7 Å². The molecule has 0 heterocycles. The van der Waals surface area contributed by atoms with Crippen molar-refractivity contribution in [1.29, 1.82) is 0 Å². The van der Waals surface area contributed by atoms with Gasteiger partial charge in [-0.3, -0.25) is 14.9 Å². The molecule has 1 aromatic rings. The van der Waals surface area contributed by atoms with Crippen LogP contribution in [0.25, 0.3) is 0 Å². The number of carbonyl (C=O) groups excluding carboxylic acids is 1. The first-order chi connectivity index (χ1) is 9.47. The first-order valence-electron chi connectivity index (χ1n) is 6.41. The molecular formula is C14H17NO4S. The molecule has 0 radical (unpaired) electrons. The van der Waals surface area contributed by atoms with Crippen LogP contribution in [0.4, 0.5) is 5.69 Å². The van der Waals surface area contributed by atoms with Crippen LogP contribution in [0.15, 0.2) is 23.1 Å². The normalized spacial score (nSPS) is 15.7. The molecule has 0 amide bonds. The van der Waals surface area contributed by atoms with Crippen molar-refractivity contribution < 1.29 is 14.5 Å². The van der Waals surface area contributed by atoms with Gasteiger partial charge in [0.25, 0.3) is 5.69 Å². The van der Waals surface area contributed by atoms with Crippen molar-refractivity contribution in [3.63, 3.8) is 0 Å². The number of aryl methyl sites for hydroxylation is 1. The van der Waals surface area contributed by atoms with Crippen molar-refractivity contribution in [3.8, 4) is 0 Å². The number of thioether (sulfide) groups is 1. The van der Waals surface area contributed by atoms with Gasteiger partial charge in [0.05, 0.1) is 23.3 Å². The molecule has 0 unspecified atom stereocenters. The summed E-state index contributed by atoms with van der Waals surface area (Å²) in [5, 5.41) is 11.1. The highest BCUT2D eigenvalue weighted by Crippen LogP contribution is 2.53. The van der Waals surface area contributed by atoms with Crippen molar-refractivity contribution in [1.82, 2.24) is 0 Å². The monoisotopic (exact) mass is 295 g/mol. The fourth-order valence-corrected chi connectivity index (χ4v) is 3.55. The van der Waals surface area contributed by atoms with E-state index < -0.39 is 0 Å². The summed E-state index contributed by atoms with van der Waals surface area (Å²) in [6.45, 7) is 1.87. The molecule has 6 heteroatoms. The van der Waals surface area contributed by atoms with Gasteiger partial charge < -0.3 is 4.74 Å². The molecular weight excluding hydrogens is 278 g/mol. The summed E-state index contributed by atoms with van der Waals surface area (Å²) >= 11 is 1.47. The van der Waals surface area contributed by atoms with Crippen LogP contribution >= 0.6 is 11.8 Å². The fraction of sp³-hybridized carbons (Fsp3) is 0.500. The van der Waals surface area contributed by atoms with Crippen LogP contribution in [0.5, 0.6) is 0 Å². The summed E-state index contributed by atoms with van der Waals surface area (Å²) in [5.41, 5.74) is 1.01. The second-order valence-corrected chi connectivity index (χ2v) is 6.21. The maximum atomic E-state index is 11.4. The zero-order valence-corrected chi connectivity index (χ0v) is 12.4. The highest BCUT2D eigenvalue weighted by molar-refractivity contribution is 7.99. The van der Waals surface area contributed by atoms with E-state index in [0.29, 0.717) is 17.1 Å². The fourth-order valence-electron chi connectivity index (χ4n) is 2.12. The van der Waals surface area contributed by atoms with Crippen molar-refractivity contribution >= 4 is 23.4 Å². The van der Waals surface area contributed by atoms with Gasteiger partial charge in [0.1, 0.15) is 0 Å². The minimum Gasteiger partial charge on any atom is -0.469 e. The smallest absolute Gasteiger partial charge is 0.306 e. The minimum atomic E-state index is -0.352. The first-order valence-corrected chi connectivity index (χ1v) is 7.40. The van der Waals surface area contributed by atoms with Crippen LogP contribution < -0.4 is 0 Å². The SMILES string of the molecule is COC(=O)CC1(CSc2c(C)cccc2[N+](=O)[O-])CC1. The number of hydrogen-bond acceptors (Lipinski definition) is 5. The van der Waals surface area contributed by atoms with Crippen LogP contribution in [-0.2, 0) is 9.53 Å². The lowest BCUT2D eigenvalue weighted by atomic mass is 10.1. The van der Waals surface area contributed by atoms with Crippen molar-refractivity contribution in [2.75, 3.05) is 12.9 Å². The third-order valence-electron chi connectivity index (χ3n) is 3.61. The molecule has 108 valence electrons. The molecule has 0 atom stereocenters. The summed E-state index contributed by atoms with van der Waals surface area (Å²) < 4.78 is 4.71. The largest absolute Gasteiger partial charge is 0.469 e. The van der Waals surface area contributed by atoms with Crippen LogP contribution in [0, 0.1) is 22.5 Å². The Kier molecular flexibility index (Phi) is 4.32. The Balaban J connectivity index is 2.08. The first kappa shape index (κ1) is 14.8. The Hall–Kier alpha value is -1.56. The maximum Gasteiger partial charge on any atom is 0.306 e. The molecule has 1 fully saturated rings. The van der Waals surface area contributed by atoms with Gasteiger partial charge in [-0.1, -0.05) is 12.1 Å². The van der Waals surface area contributed by atoms with Gasteiger partial charge in [0.15, 0.2) is 0 Å². The Morgan fingerprint density at radius 3 is 2.75 bits per heavy atom. The van der Waals surface area contributed by atoms with Crippen LogP contribution in [0.2, 0.25) is 0 Å². The second kappa shape index (κ2) is 5.83. The van der Waals surface area contributed by atoms with Gasteiger partial charge in [-0.25, -0.2) is 0 Å². The van der Waals surface area contributed by atoms with E-state index in [-0.39, 0.29) is 22.0 Å². The third-order valence-corrected chi connectivity index (χ3v) is 5.19. The molecule has 2 rings (SSSR count). The summed E-state index contributed by atoms with van der Waals surface area (Å²) in [5.74, 6) is 0.510. The Morgan fingerprint density at radius 1 is 1.50 bits per heavy atom. The maximum absolute atomic E-state index is 11.4. The number of esters is 1. The lowest BCUT2D eigenvalue weighted by molar-refractivity contribution is -0.387. The molecule has 0 aliphatic heterocycles. The topological polar surface area (TPSA) is 69.4 Å². The van der Waals surface area contributed by atoms with Crippen molar-refractivity contribution in [3.05, 3.63) is 33.9 Å². The molecule has 1 saturated carbocycles. The lowest BCUT2D eigenvalue weighted by Crippen LogP contribution is -2.13. The summed E-state index contributed by atoms with van der Waals surface area (Å²) in [6.07, 6.45) is 2.36. The minimum absolute atomic E-state index is 0.0338. The number of benzene rings is 1. The predicted molar refractivity (Wildman–Crippen MR) is 76.9 cm³/mol. The van der Waals surface area contributed by atoms with E-state index in [1.54, 1.807) is 6.07 Å². The van der Waals surface area contributed by atoms with E-state index >= 15 is 0 Å². The zero-order chi connectivity index (χ0) is 14.8. The molecule has 20 heavy (non-hydrogen) atoms. The number of ether oxygens (including phenoxy) is 1. The number of nitrogens with zero attached hydrogens (tertiary/aromatic N) is 1. The Morgan fingerprint density at radius 2 is 2.20 bits per heavy atom. The zero-order valence-electron chi connectivity index (χ0n) is 11.5. The van der Waals surface area contributed by atoms with Crippen molar-refractivity contribution in [2.45, 2.75) is 31.1 Å². The number of hydrogen-bond donors (Lipinski definition) is 0. The second-order valence-electron chi connectivity index (χ2n) is 5.22. The molecule has 0 bridgehead atoms. The molecule has 0 saturated heterocycles. The van der Waals surface area contributed by atoms with Crippen molar-refractivity contribution in [2.24, 2.45) is 5.41 Å². The quantitative estimate of drug-likeness (QED) is 0.348.